The molecular weight excluding hydrogens is 491 g/mol. The van der Waals surface area contributed by atoms with Gasteiger partial charge in [0, 0.05) is 17.3 Å². The van der Waals surface area contributed by atoms with Crippen molar-refractivity contribution in [1.29, 1.82) is 0 Å². The predicted molar refractivity (Wildman–Crippen MR) is 128 cm³/mol. The largest absolute Gasteiger partial charge is 0.573 e. The van der Waals surface area contributed by atoms with Gasteiger partial charge >= 0.3 is 6.36 Å². The molecule has 1 aliphatic heterocycles. The molecule has 0 aromatic heterocycles. The molecule has 10 heteroatoms. The summed E-state index contributed by atoms with van der Waals surface area (Å²) in [4.78, 5) is 27.3. The van der Waals surface area contributed by atoms with Gasteiger partial charge in [0.2, 0.25) is 0 Å². The number of anilines is 1. The number of ketones is 1. The van der Waals surface area contributed by atoms with Crippen molar-refractivity contribution in [3.8, 4) is 17.2 Å². The number of carbonyl (C=O) groups excluding carboxylic acids is 2. The van der Waals surface area contributed by atoms with Gasteiger partial charge in [-0.3, -0.25) is 14.5 Å². The molecule has 0 aliphatic carbocycles. The van der Waals surface area contributed by atoms with Crippen molar-refractivity contribution >= 4 is 23.1 Å². The van der Waals surface area contributed by atoms with Gasteiger partial charge in [-0.1, -0.05) is 18.2 Å². The lowest BCUT2D eigenvalue weighted by molar-refractivity contribution is -0.274. The zero-order chi connectivity index (χ0) is 26.9. The Balaban J connectivity index is 1.84. The van der Waals surface area contributed by atoms with Crippen molar-refractivity contribution in [2.24, 2.45) is 0 Å². The van der Waals surface area contributed by atoms with Gasteiger partial charge < -0.3 is 19.7 Å². The van der Waals surface area contributed by atoms with Crippen molar-refractivity contribution in [2.75, 3.05) is 4.90 Å². The highest BCUT2D eigenvalue weighted by molar-refractivity contribution is 6.51. The van der Waals surface area contributed by atoms with E-state index >= 15 is 0 Å². The first-order valence-electron chi connectivity index (χ1n) is 11.2. The minimum atomic E-state index is -4.96. The van der Waals surface area contributed by atoms with E-state index in [1.54, 1.807) is 12.1 Å². The molecule has 1 aliphatic rings. The summed E-state index contributed by atoms with van der Waals surface area (Å²) in [5.74, 6) is -2.69. The number of amides is 1. The lowest BCUT2D eigenvalue weighted by Gasteiger charge is -2.26. The number of aliphatic hydroxyl groups is 1. The number of nitrogens with zero attached hydrogens (tertiary/aromatic N) is 1. The Morgan fingerprint density at radius 2 is 1.59 bits per heavy atom. The molecule has 0 bridgehead atoms. The fourth-order valence-corrected chi connectivity index (χ4v) is 4.02. The summed E-state index contributed by atoms with van der Waals surface area (Å²) in [7, 11) is 0. The third-order valence-corrected chi connectivity index (χ3v) is 5.48. The first-order chi connectivity index (χ1) is 17.4. The minimum absolute atomic E-state index is 0.0540. The molecule has 1 amide bonds. The van der Waals surface area contributed by atoms with Crippen LogP contribution in [-0.2, 0) is 9.59 Å². The van der Waals surface area contributed by atoms with E-state index < -0.39 is 35.6 Å². The summed E-state index contributed by atoms with van der Waals surface area (Å²) in [5.41, 5.74) is 0.240. The Morgan fingerprint density at radius 1 is 0.946 bits per heavy atom. The zero-order valence-electron chi connectivity index (χ0n) is 19.7. The van der Waals surface area contributed by atoms with Crippen molar-refractivity contribution in [3.05, 3.63) is 89.5 Å². The number of ether oxygens (including phenoxy) is 2. The topological polar surface area (TPSA) is 96.3 Å². The highest BCUT2D eigenvalue weighted by Gasteiger charge is 2.47. The van der Waals surface area contributed by atoms with E-state index in [4.69, 9.17) is 4.74 Å². The van der Waals surface area contributed by atoms with Crippen LogP contribution in [0.1, 0.15) is 31.0 Å². The highest BCUT2D eigenvalue weighted by atomic mass is 19.4. The minimum Gasteiger partial charge on any atom is -0.508 e. The van der Waals surface area contributed by atoms with Gasteiger partial charge in [-0.15, -0.1) is 13.2 Å². The molecule has 3 aromatic carbocycles. The smallest absolute Gasteiger partial charge is 0.508 e. The normalized spacial score (nSPS) is 17.4. The molecule has 1 saturated heterocycles. The van der Waals surface area contributed by atoms with E-state index in [1.165, 1.54) is 48.5 Å². The lowest BCUT2D eigenvalue weighted by atomic mass is 9.95. The first kappa shape index (κ1) is 25.6. The Morgan fingerprint density at radius 3 is 2.19 bits per heavy atom. The molecule has 1 heterocycles. The molecule has 1 atom stereocenters. The summed E-state index contributed by atoms with van der Waals surface area (Å²) < 4.78 is 47.9. The Bertz CT molecular complexity index is 1350. The summed E-state index contributed by atoms with van der Waals surface area (Å²) in [5, 5.41) is 20.9. The van der Waals surface area contributed by atoms with Crippen molar-refractivity contribution in [2.45, 2.75) is 32.4 Å². The van der Waals surface area contributed by atoms with Crippen LogP contribution >= 0.6 is 0 Å². The number of benzene rings is 3. The molecule has 0 saturated carbocycles. The van der Waals surface area contributed by atoms with Gasteiger partial charge in [0.15, 0.2) is 0 Å². The fraction of sp³-hybridized carbons (Fsp3) is 0.185. The van der Waals surface area contributed by atoms with Crippen molar-refractivity contribution in [1.82, 2.24) is 0 Å². The Hall–Kier alpha value is -4.47. The number of phenols is 1. The summed E-state index contributed by atoms with van der Waals surface area (Å²) in [6.07, 6.45) is -5.05. The molecule has 1 unspecified atom stereocenters. The van der Waals surface area contributed by atoms with Crippen LogP contribution in [0.25, 0.3) is 5.76 Å². The van der Waals surface area contributed by atoms with Crippen LogP contribution in [-0.4, -0.2) is 34.4 Å². The van der Waals surface area contributed by atoms with Crippen LogP contribution in [0.2, 0.25) is 0 Å². The van der Waals surface area contributed by atoms with Gasteiger partial charge in [0.1, 0.15) is 23.0 Å². The summed E-state index contributed by atoms with van der Waals surface area (Å²) in [6, 6.07) is 15.2. The van der Waals surface area contributed by atoms with Crippen LogP contribution in [0.3, 0.4) is 0 Å². The van der Waals surface area contributed by atoms with Gasteiger partial charge in [-0.25, -0.2) is 0 Å². The maximum atomic E-state index is 13.2. The quantitative estimate of drug-likeness (QED) is 0.249. The number of aliphatic hydroxyl groups excluding tert-OH is 1. The molecule has 2 N–H and O–H groups in total. The van der Waals surface area contributed by atoms with Gasteiger partial charge in [0.05, 0.1) is 17.7 Å². The average molecular weight is 513 g/mol. The molecule has 0 radical (unpaired) electrons. The van der Waals surface area contributed by atoms with Crippen LogP contribution in [0.4, 0.5) is 18.9 Å². The molecule has 37 heavy (non-hydrogen) atoms. The van der Waals surface area contributed by atoms with Crippen LogP contribution < -0.4 is 14.4 Å². The maximum absolute atomic E-state index is 13.2. The van der Waals surface area contributed by atoms with Gasteiger partial charge in [-0.2, -0.15) is 0 Å². The fourth-order valence-electron chi connectivity index (χ4n) is 4.02. The number of halogens is 3. The number of aromatic hydroxyl groups is 1. The van der Waals surface area contributed by atoms with Crippen LogP contribution in [0, 0.1) is 0 Å². The predicted octanol–water partition coefficient (Wildman–Crippen LogP) is 5.70. The maximum Gasteiger partial charge on any atom is 0.573 e. The van der Waals surface area contributed by atoms with E-state index in [1.807, 2.05) is 13.8 Å². The Kier molecular flexibility index (Phi) is 6.84. The van der Waals surface area contributed by atoms with E-state index in [2.05, 4.69) is 4.74 Å². The third kappa shape index (κ3) is 5.53. The Labute approximate surface area is 210 Å². The summed E-state index contributed by atoms with van der Waals surface area (Å²) >= 11 is 0. The molecule has 0 spiro atoms. The van der Waals surface area contributed by atoms with Crippen molar-refractivity contribution in [3.63, 3.8) is 0 Å². The van der Waals surface area contributed by atoms with E-state index in [9.17, 15) is 33.0 Å². The molecule has 3 aromatic rings. The number of phenolic OH excluding ortho intramolecular Hbond substituents is 1. The number of Topliss-reactive ketones (excluding diaryl/α,β-unsaturated/α-hetero) is 1. The molecule has 1 fully saturated rings. The second-order valence-electron chi connectivity index (χ2n) is 8.50. The van der Waals surface area contributed by atoms with Crippen molar-refractivity contribution < 1.29 is 42.4 Å². The number of carbonyl (C=O) groups is 2. The van der Waals surface area contributed by atoms with E-state index in [0.29, 0.717) is 11.3 Å². The highest BCUT2D eigenvalue weighted by Crippen LogP contribution is 2.43. The molecular formula is C27H22F3NO6. The number of rotatable bonds is 6. The van der Waals surface area contributed by atoms with Gasteiger partial charge in [-0.05, 0) is 67.9 Å². The number of alkyl halides is 3. The SMILES string of the molecule is CC(C)Oc1ccc(/C(O)=C2\C(=O)C(=O)N(c3cccc(OC(F)(F)F)c3)C2c2ccc(O)cc2)cc1. The van der Waals surface area contributed by atoms with Gasteiger partial charge in [0.25, 0.3) is 11.7 Å². The third-order valence-electron chi connectivity index (χ3n) is 5.48. The molecule has 7 nitrogen and oxygen atoms in total. The standard InChI is InChI=1S/C27H22F3NO6/c1-15(2)36-20-12-8-17(9-13-20)24(33)22-23(16-6-10-19(32)11-7-16)31(26(35)25(22)34)18-4-3-5-21(14-18)37-27(28,29)30/h3-15,23,32-33H,1-2H3/b24-22+. The monoisotopic (exact) mass is 513 g/mol. The second-order valence-corrected chi connectivity index (χ2v) is 8.50. The van der Waals surface area contributed by atoms with Crippen LogP contribution in [0.5, 0.6) is 17.2 Å². The number of hydrogen-bond donors (Lipinski definition) is 2. The van der Waals surface area contributed by atoms with Crippen LogP contribution in [0.15, 0.2) is 78.4 Å². The summed E-state index contributed by atoms with van der Waals surface area (Å²) in [6.45, 7) is 3.70. The molecule has 192 valence electrons. The van der Waals surface area contributed by atoms with E-state index in [0.717, 1.165) is 17.0 Å². The average Bonchev–Trinajstić information content (AvgIpc) is 3.09. The molecule has 4 rings (SSSR count). The zero-order valence-corrected chi connectivity index (χ0v) is 19.7. The number of hydrogen-bond acceptors (Lipinski definition) is 6. The second kappa shape index (κ2) is 9.88. The first-order valence-corrected chi connectivity index (χ1v) is 11.2. The van der Waals surface area contributed by atoms with E-state index in [-0.39, 0.29) is 28.7 Å². The lowest BCUT2D eigenvalue weighted by Crippen LogP contribution is -2.29.